The van der Waals surface area contributed by atoms with Crippen molar-refractivity contribution in [2.45, 2.75) is 12.1 Å². The van der Waals surface area contributed by atoms with E-state index in [-0.39, 0.29) is 6.54 Å². The van der Waals surface area contributed by atoms with Crippen molar-refractivity contribution in [1.29, 1.82) is 0 Å². The average molecular weight is 209 g/mol. The van der Waals surface area contributed by atoms with Gasteiger partial charge in [-0.2, -0.15) is 0 Å². The van der Waals surface area contributed by atoms with E-state index < -0.39 is 12.3 Å². The minimum Gasteiger partial charge on any atom is -0.382 e. The van der Waals surface area contributed by atoms with Gasteiger partial charge in [0, 0.05) is 13.1 Å². The topological polar surface area (TPSA) is 32.3 Å². The Balaban J connectivity index is 2.36. The molecule has 0 aliphatic rings. The molecule has 0 bridgehead atoms. The van der Waals surface area contributed by atoms with Crippen molar-refractivity contribution in [2.75, 3.05) is 13.2 Å². The minimum atomic E-state index is -1.45. The quantitative estimate of drug-likeness (QED) is 0.698. The third kappa shape index (κ3) is 3.81. The van der Waals surface area contributed by atoms with Crippen LogP contribution in [0.15, 0.2) is 43.0 Å². The largest absolute Gasteiger partial charge is 0.382 e. The van der Waals surface area contributed by atoms with E-state index >= 15 is 0 Å². The molecule has 3 heteroatoms. The van der Waals surface area contributed by atoms with Crippen LogP contribution in [0, 0.1) is 0 Å². The maximum Gasteiger partial charge on any atom is 0.123 e. The van der Waals surface area contributed by atoms with Gasteiger partial charge in [-0.3, -0.25) is 0 Å². The van der Waals surface area contributed by atoms with Crippen molar-refractivity contribution in [3.63, 3.8) is 0 Å². The zero-order valence-corrected chi connectivity index (χ0v) is 8.62. The SMILES string of the molecule is C=CC(O)(CF)CNCc1ccccc1. The summed E-state index contributed by atoms with van der Waals surface area (Å²) in [5, 5.41) is 12.5. The van der Waals surface area contributed by atoms with Crippen LogP contribution >= 0.6 is 0 Å². The second kappa shape index (κ2) is 5.63. The predicted molar refractivity (Wildman–Crippen MR) is 59.3 cm³/mol. The average Bonchev–Trinajstić information content (AvgIpc) is 2.30. The first-order valence-electron chi connectivity index (χ1n) is 4.87. The third-order valence-corrected chi connectivity index (χ3v) is 2.21. The second-order valence-corrected chi connectivity index (χ2v) is 3.53. The zero-order valence-electron chi connectivity index (χ0n) is 8.62. The van der Waals surface area contributed by atoms with Gasteiger partial charge in [0.15, 0.2) is 0 Å². The molecule has 1 unspecified atom stereocenters. The van der Waals surface area contributed by atoms with Crippen LogP contribution in [0.2, 0.25) is 0 Å². The number of aliphatic hydroxyl groups is 1. The summed E-state index contributed by atoms with van der Waals surface area (Å²) >= 11 is 0. The van der Waals surface area contributed by atoms with E-state index in [2.05, 4.69) is 11.9 Å². The molecule has 1 rings (SSSR count). The molecule has 0 aliphatic carbocycles. The summed E-state index contributed by atoms with van der Waals surface area (Å²) in [4.78, 5) is 0. The van der Waals surface area contributed by atoms with E-state index in [1.807, 2.05) is 30.3 Å². The van der Waals surface area contributed by atoms with Gasteiger partial charge in [-0.05, 0) is 5.56 Å². The number of benzene rings is 1. The molecule has 0 heterocycles. The molecule has 0 spiro atoms. The first kappa shape index (κ1) is 11.9. The highest BCUT2D eigenvalue weighted by molar-refractivity contribution is 5.14. The third-order valence-electron chi connectivity index (χ3n) is 2.21. The highest BCUT2D eigenvalue weighted by Crippen LogP contribution is 2.05. The predicted octanol–water partition coefficient (Wildman–Crippen LogP) is 1.66. The Bertz CT molecular complexity index is 302. The van der Waals surface area contributed by atoms with E-state index in [0.717, 1.165) is 5.56 Å². The second-order valence-electron chi connectivity index (χ2n) is 3.53. The van der Waals surface area contributed by atoms with Gasteiger partial charge >= 0.3 is 0 Å². The number of hydrogen-bond acceptors (Lipinski definition) is 2. The van der Waals surface area contributed by atoms with E-state index in [1.165, 1.54) is 6.08 Å². The highest BCUT2D eigenvalue weighted by atomic mass is 19.1. The van der Waals surface area contributed by atoms with Crippen LogP contribution in [0.3, 0.4) is 0 Å². The molecule has 0 amide bonds. The van der Waals surface area contributed by atoms with Crippen LogP contribution in [0.1, 0.15) is 5.56 Å². The molecular weight excluding hydrogens is 193 g/mol. The van der Waals surface area contributed by atoms with Gasteiger partial charge in [0.25, 0.3) is 0 Å². The first-order chi connectivity index (χ1) is 7.20. The summed E-state index contributed by atoms with van der Waals surface area (Å²) in [7, 11) is 0. The van der Waals surface area contributed by atoms with Crippen molar-refractivity contribution >= 4 is 0 Å². The fourth-order valence-electron chi connectivity index (χ4n) is 1.19. The molecule has 2 nitrogen and oxygen atoms in total. The highest BCUT2D eigenvalue weighted by Gasteiger charge is 2.21. The standard InChI is InChI=1S/C12H16FNO/c1-2-12(15,9-13)10-14-8-11-6-4-3-5-7-11/h2-7,14-15H,1,8-10H2. The van der Waals surface area contributed by atoms with Crippen LogP contribution in [-0.4, -0.2) is 23.9 Å². The molecule has 82 valence electrons. The molecule has 0 saturated heterocycles. The van der Waals surface area contributed by atoms with E-state index in [4.69, 9.17) is 0 Å². The van der Waals surface area contributed by atoms with Crippen molar-refractivity contribution in [1.82, 2.24) is 5.32 Å². The Hall–Kier alpha value is -1.19. The van der Waals surface area contributed by atoms with E-state index in [0.29, 0.717) is 6.54 Å². The van der Waals surface area contributed by atoms with Gasteiger partial charge in [-0.1, -0.05) is 36.4 Å². The zero-order chi connectivity index (χ0) is 11.1. The number of alkyl halides is 1. The Morgan fingerprint density at radius 1 is 1.40 bits per heavy atom. The maximum absolute atomic E-state index is 12.4. The van der Waals surface area contributed by atoms with Gasteiger partial charge in [0.05, 0.1) is 0 Å². The summed E-state index contributed by atoms with van der Waals surface area (Å²) in [6.07, 6.45) is 1.23. The number of hydrogen-bond donors (Lipinski definition) is 2. The number of rotatable bonds is 6. The lowest BCUT2D eigenvalue weighted by Gasteiger charge is -2.20. The van der Waals surface area contributed by atoms with Gasteiger partial charge in [-0.25, -0.2) is 4.39 Å². The van der Waals surface area contributed by atoms with Gasteiger partial charge < -0.3 is 10.4 Å². The normalized spacial score (nSPS) is 14.5. The molecule has 0 saturated carbocycles. The Labute approximate surface area is 89.4 Å². The van der Waals surface area contributed by atoms with E-state index in [1.54, 1.807) is 0 Å². The summed E-state index contributed by atoms with van der Waals surface area (Å²) in [6.45, 7) is 3.35. The Morgan fingerprint density at radius 2 is 2.07 bits per heavy atom. The van der Waals surface area contributed by atoms with Gasteiger partial charge in [-0.15, -0.1) is 6.58 Å². The maximum atomic E-state index is 12.4. The molecule has 0 radical (unpaired) electrons. The molecule has 2 N–H and O–H groups in total. The van der Waals surface area contributed by atoms with Crippen LogP contribution in [0.25, 0.3) is 0 Å². The van der Waals surface area contributed by atoms with Crippen molar-refractivity contribution in [2.24, 2.45) is 0 Å². The van der Waals surface area contributed by atoms with Crippen LogP contribution < -0.4 is 5.32 Å². The smallest absolute Gasteiger partial charge is 0.123 e. The summed E-state index contributed by atoms with van der Waals surface area (Å²) in [5.74, 6) is 0. The summed E-state index contributed by atoms with van der Waals surface area (Å²) in [6, 6.07) is 9.74. The molecule has 1 aromatic rings. The summed E-state index contributed by atoms with van der Waals surface area (Å²) in [5.41, 5.74) is -0.350. The van der Waals surface area contributed by atoms with Crippen LogP contribution in [0.4, 0.5) is 4.39 Å². The number of nitrogens with one attached hydrogen (secondary N) is 1. The lowest BCUT2D eigenvalue weighted by atomic mass is 10.1. The van der Waals surface area contributed by atoms with Gasteiger partial charge in [0.1, 0.15) is 12.3 Å². The molecule has 15 heavy (non-hydrogen) atoms. The molecule has 0 fully saturated rings. The Morgan fingerprint density at radius 3 is 2.60 bits per heavy atom. The van der Waals surface area contributed by atoms with E-state index in [9.17, 15) is 9.50 Å². The summed E-state index contributed by atoms with van der Waals surface area (Å²) < 4.78 is 12.4. The van der Waals surface area contributed by atoms with Crippen molar-refractivity contribution < 1.29 is 9.50 Å². The molecule has 0 aliphatic heterocycles. The molecular formula is C12H16FNO. The fourth-order valence-corrected chi connectivity index (χ4v) is 1.19. The fraction of sp³-hybridized carbons (Fsp3) is 0.333. The van der Waals surface area contributed by atoms with Gasteiger partial charge in [0.2, 0.25) is 0 Å². The Kier molecular flexibility index (Phi) is 4.46. The number of halogens is 1. The van der Waals surface area contributed by atoms with Crippen molar-refractivity contribution in [3.05, 3.63) is 48.6 Å². The lowest BCUT2D eigenvalue weighted by molar-refractivity contribution is 0.0619. The van der Waals surface area contributed by atoms with Crippen molar-refractivity contribution in [3.8, 4) is 0 Å². The van der Waals surface area contributed by atoms with Crippen LogP contribution in [0.5, 0.6) is 0 Å². The molecule has 0 aromatic heterocycles. The molecule has 1 atom stereocenters. The van der Waals surface area contributed by atoms with Crippen LogP contribution in [-0.2, 0) is 6.54 Å². The molecule has 1 aromatic carbocycles. The monoisotopic (exact) mass is 209 g/mol. The lowest BCUT2D eigenvalue weighted by Crippen LogP contribution is -2.40. The first-order valence-corrected chi connectivity index (χ1v) is 4.87. The minimum absolute atomic E-state index is 0.169.